The molecule has 4 bridgehead atoms. The molecule has 2 aromatic carbocycles. The molecular formula is C27H32N2O2. The van der Waals surface area contributed by atoms with Crippen LogP contribution in [-0.2, 0) is 11.2 Å². The molecule has 0 heterocycles. The molecule has 0 spiro atoms. The van der Waals surface area contributed by atoms with Crippen LogP contribution in [0.25, 0.3) is 0 Å². The van der Waals surface area contributed by atoms with Gasteiger partial charge < -0.3 is 10.6 Å². The van der Waals surface area contributed by atoms with E-state index in [1.54, 1.807) is 12.1 Å². The van der Waals surface area contributed by atoms with Gasteiger partial charge in [-0.2, -0.15) is 0 Å². The van der Waals surface area contributed by atoms with Crippen molar-refractivity contribution in [2.45, 2.75) is 58.8 Å². The van der Waals surface area contributed by atoms with E-state index in [2.05, 4.69) is 17.6 Å². The fourth-order valence-electron chi connectivity index (χ4n) is 6.75. The number of amides is 2. The average Bonchev–Trinajstić information content (AvgIpc) is 2.74. The summed E-state index contributed by atoms with van der Waals surface area (Å²) in [6.07, 6.45) is 8.03. The van der Waals surface area contributed by atoms with Crippen LogP contribution in [0.4, 0.5) is 11.4 Å². The lowest BCUT2D eigenvalue weighted by atomic mass is 9.49. The van der Waals surface area contributed by atoms with E-state index in [9.17, 15) is 9.59 Å². The van der Waals surface area contributed by atoms with Crippen LogP contribution in [0.15, 0.2) is 42.5 Å². The number of benzene rings is 2. The van der Waals surface area contributed by atoms with Gasteiger partial charge in [-0.15, -0.1) is 0 Å². The van der Waals surface area contributed by atoms with E-state index in [-0.39, 0.29) is 17.2 Å². The van der Waals surface area contributed by atoms with Crippen molar-refractivity contribution in [3.8, 4) is 0 Å². The van der Waals surface area contributed by atoms with Gasteiger partial charge in [0.2, 0.25) is 5.91 Å². The second kappa shape index (κ2) is 7.81. The molecule has 4 aliphatic carbocycles. The van der Waals surface area contributed by atoms with E-state index in [1.807, 2.05) is 37.3 Å². The predicted molar refractivity (Wildman–Crippen MR) is 124 cm³/mol. The van der Waals surface area contributed by atoms with Crippen LogP contribution in [0.1, 0.15) is 66.9 Å². The summed E-state index contributed by atoms with van der Waals surface area (Å²) in [7, 11) is 0. The molecule has 0 unspecified atom stereocenters. The second-order valence-electron chi connectivity index (χ2n) is 10.1. The maximum atomic E-state index is 13.2. The third kappa shape index (κ3) is 3.77. The zero-order chi connectivity index (χ0) is 21.6. The van der Waals surface area contributed by atoms with E-state index in [0.717, 1.165) is 65.9 Å². The van der Waals surface area contributed by atoms with Crippen LogP contribution < -0.4 is 10.6 Å². The third-order valence-corrected chi connectivity index (χ3v) is 7.90. The summed E-state index contributed by atoms with van der Waals surface area (Å²) in [6, 6.07) is 13.4. The van der Waals surface area contributed by atoms with Crippen molar-refractivity contribution < 1.29 is 9.59 Å². The zero-order valence-electron chi connectivity index (χ0n) is 18.5. The maximum Gasteiger partial charge on any atom is 0.255 e. The first kappa shape index (κ1) is 20.3. The number of para-hydroxylation sites is 1. The van der Waals surface area contributed by atoms with E-state index in [4.69, 9.17) is 0 Å². The molecule has 31 heavy (non-hydrogen) atoms. The van der Waals surface area contributed by atoms with Gasteiger partial charge in [-0.25, -0.2) is 0 Å². The Kier molecular flexibility index (Phi) is 5.11. The largest absolute Gasteiger partial charge is 0.326 e. The Morgan fingerprint density at radius 2 is 1.52 bits per heavy atom. The number of hydrogen-bond acceptors (Lipinski definition) is 2. The highest BCUT2D eigenvalue weighted by atomic mass is 16.2. The minimum atomic E-state index is -0.161. The summed E-state index contributed by atoms with van der Waals surface area (Å²) in [5, 5.41) is 6.24. The van der Waals surface area contributed by atoms with Gasteiger partial charge in [0.1, 0.15) is 0 Å². The lowest BCUT2D eigenvalue weighted by Gasteiger charge is -2.55. The number of carbonyl (C=O) groups is 2. The fourth-order valence-corrected chi connectivity index (χ4v) is 6.75. The summed E-state index contributed by atoms with van der Waals surface area (Å²) < 4.78 is 0. The minimum absolute atomic E-state index is 0.122. The van der Waals surface area contributed by atoms with Crippen molar-refractivity contribution in [1.82, 2.24) is 0 Å². The van der Waals surface area contributed by atoms with Gasteiger partial charge in [-0.1, -0.05) is 25.1 Å². The maximum absolute atomic E-state index is 13.2. The predicted octanol–water partition coefficient (Wildman–Crippen LogP) is 5.96. The van der Waals surface area contributed by atoms with Crippen molar-refractivity contribution >= 4 is 23.2 Å². The Morgan fingerprint density at radius 1 is 0.903 bits per heavy atom. The molecule has 0 aromatic heterocycles. The third-order valence-electron chi connectivity index (χ3n) is 7.90. The smallest absolute Gasteiger partial charge is 0.255 e. The topological polar surface area (TPSA) is 58.2 Å². The van der Waals surface area contributed by atoms with E-state index in [0.29, 0.717) is 5.56 Å². The molecule has 4 heteroatoms. The highest BCUT2D eigenvalue weighted by molar-refractivity contribution is 6.05. The van der Waals surface area contributed by atoms with Crippen molar-refractivity contribution in [3.05, 3.63) is 59.2 Å². The Labute approximate surface area is 184 Å². The Morgan fingerprint density at radius 3 is 2.10 bits per heavy atom. The molecule has 4 aliphatic rings. The van der Waals surface area contributed by atoms with Crippen LogP contribution in [0, 0.1) is 30.1 Å². The molecule has 4 fully saturated rings. The molecule has 4 nitrogen and oxygen atoms in total. The Balaban J connectivity index is 1.26. The van der Waals surface area contributed by atoms with Crippen LogP contribution in [0.2, 0.25) is 0 Å². The Bertz CT molecular complexity index is 973. The van der Waals surface area contributed by atoms with Gasteiger partial charge in [0.15, 0.2) is 0 Å². The molecule has 2 aromatic rings. The molecule has 0 aliphatic heterocycles. The molecule has 2 amide bonds. The van der Waals surface area contributed by atoms with Crippen molar-refractivity contribution in [2.24, 2.45) is 23.2 Å². The first-order chi connectivity index (χ1) is 15.0. The summed E-state index contributed by atoms with van der Waals surface area (Å²) in [4.78, 5) is 26.0. The molecule has 4 saturated carbocycles. The Hall–Kier alpha value is -2.62. The monoisotopic (exact) mass is 416 g/mol. The van der Waals surface area contributed by atoms with E-state index < -0.39 is 0 Å². The van der Waals surface area contributed by atoms with Gasteiger partial charge in [0.05, 0.1) is 5.41 Å². The number of rotatable bonds is 5. The normalized spacial score (nSPS) is 28.4. The van der Waals surface area contributed by atoms with Crippen LogP contribution in [0.3, 0.4) is 0 Å². The van der Waals surface area contributed by atoms with Crippen LogP contribution in [-0.4, -0.2) is 11.8 Å². The number of anilines is 2. The van der Waals surface area contributed by atoms with Crippen molar-refractivity contribution in [3.63, 3.8) is 0 Å². The van der Waals surface area contributed by atoms with Crippen LogP contribution >= 0.6 is 0 Å². The quantitative estimate of drug-likeness (QED) is 0.631. The lowest BCUT2D eigenvalue weighted by Crippen LogP contribution is -2.51. The molecule has 6 rings (SSSR count). The molecule has 0 saturated heterocycles. The number of nitrogens with one attached hydrogen (secondary N) is 2. The highest BCUT2D eigenvalue weighted by Gasteiger charge is 2.54. The number of hydrogen-bond donors (Lipinski definition) is 2. The first-order valence-electron chi connectivity index (χ1n) is 11.8. The summed E-state index contributed by atoms with van der Waals surface area (Å²) in [5.41, 5.74) is 4.31. The molecule has 0 atom stereocenters. The molecule has 162 valence electrons. The highest BCUT2D eigenvalue weighted by Crippen LogP contribution is 2.60. The lowest BCUT2D eigenvalue weighted by molar-refractivity contribution is -0.140. The minimum Gasteiger partial charge on any atom is -0.326 e. The fraction of sp³-hybridized carbons (Fsp3) is 0.481. The molecule has 0 radical (unpaired) electrons. The molecular weight excluding hydrogens is 384 g/mol. The van der Waals surface area contributed by atoms with Gasteiger partial charge in [0.25, 0.3) is 5.91 Å². The van der Waals surface area contributed by atoms with E-state index >= 15 is 0 Å². The van der Waals surface area contributed by atoms with E-state index in [1.165, 1.54) is 19.3 Å². The van der Waals surface area contributed by atoms with Crippen LogP contribution in [0.5, 0.6) is 0 Å². The van der Waals surface area contributed by atoms with Gasteiger partial charge in [0, 0.05) is 16.9 Å². The molecule has 2 N–H and O–H groups in total. The standard InChI is InChI=1S/C27H32N2O2/c1-3-21-6-4-5-17(2)24(21)29-25(30)22-7-9-23(10-8-22)28-26(31)27-14-18-11-19(15-27)13-20(12-18)16-27/h4-10,18-20H,3,11-16H2,1-2H3,(H,28,31)(H,29,30). The van der Waals surface area contributed by atoms with Crippen molar-refractivity contribution in [1.29, 1.82) is 0 Å². The first-order valence-corrected chi connectivity index (χ1v) is 11.8. The summed E-state index contributed by atoms with van der Waals surface area (Å²) in [6.45, 7) is 4.10. The summed E-state index contributed by atoms with van der Waals surface area (Å²) >= 11 is 0. The van der Waals surface area contributed by atoms with Gasteiger partial charge in [-0.3, -0.25) is 9.59 Å². The van der Waals surface area contributed by atoms with Crippen molar-refractivity contribution in [2.75, 3.05) is 10.6 Å². The number of carbonyl (C=O) groups excluding carboxylic acids is 2. The number of aryl methyl sites for hydroxylation is 2. The zero-order valence-corrected chi connectivity index (χ0v) is 18.5. The second-order valence-corrected chi connectivity index (χ2v) is 10.1. The SMILES string of the molecule is CCc1cccc(C)c1NC(=O)c1ccc(NC(=O)C23CC4CC(CC(C4)C2)C3)cc1. The average molecular weight is 417 g/mol. The van der Waals surface area contributed by atoms with Gasteiger partial charge in [-0.05, 0) is 105 Å². The van der Waals surface area contributed by atoms with Gasteiger partial charge >= 0.3 is 0 Å². The summed E-state index contributed by atoms with van der Waals surface area (Å²) in [5.74, 6) is 2.31.